The number of carbonyl (C=O) groups excluding carboxylic acids is 2. The molecule has 1 fully saturated rings. The Bertz CT molecular complexity index is 1020. The van der Waals surface area contributed by atoms with Crippen molar-refractivity contribution in [2.45, 2.75) is 6.04 Å². The van der Waals surface area contributed by atoms with Gasteiger partial charge in [-0.2, -0.15) is 0 Å². The van der Waals surface area contributed by atoms with E-state index in [0.717, 1.165) is 17.0 Å². The number of ketones is 1. The number of amides is 1. The second-order valence-electron chi connectivity index (χ2n) is 7.29. The minimum absolute atomic E-state index is 0.0829. The molecule has 1 aliphatic heterocycles. The molecule has 0 spiro atoms. The zero-order valence-corrected chi connectivity index (χ0v) is 16.4. The van der Waals surface area contributed by atoms with Crippen LogP contribution in [-0.4, -0.2) is 48.7 Å². The molecule has 2 aromatic rings. The number of carbonyl (C=O) groups is 2. The van der Waals surface area contributed by atoms with Gasteiger partial charge in [0, 0.05) is 17.7 Å². The molecule has 0 aromatic heterocycles. The van der Waals surface area contributed by atoms with Crippen molar-refractivity contribution in [2.75, 3.05) is 27.2 Å². The minimum atomic E-state index is -0.970. The van der Waals surface area contributed by atoms with Gasteiger partial charge in [-0.15, -0.1) is 0 Å². The smallest absolute Gasteiger partial charge is 0.295 e. The number of hydrogen-bond acceptors (Lipinski definition) is 5. The van der Waals surface area contributed by atoms with E-state index in [-0.39, 0.29) is 23.4 Å². The summed E-state index contributed by atoms with van der Waals surface area (Å²) in [7, 11) is 3.77. The Kier molecular flexibility index (Phi) is 5.93. The largest absolute Gasteiger partial charge is 0.872 e. The average molecular weight is 413 g/mol. The summed E-state index contributed by atoms with van der Waals surface area (Å²) in [5.41, 5.74) is 0.109. The number of nitrogens with zero attached hydrogens (tertiary/aromatic N) is 2. The molecule has 1 N–H and O–H groups in total. The Morgan fingerprint density at radius 3 is 2.23 bits per heavy atom. The van der Waals surface area contributed by atoms with Gasteiger partial charge in [0.05, 0.1) is 38.2 Å². The van der Waals surface area contributed by atoms with Crippen molar-refractivity contribution in [3.05, 3.63) is 81.2 Å². The summed E-state index contributed by atoms with van der Waals surface area (Å²) in [6.07, 6.45) is 0. The lowest BCUT2D eigenvalue weighted by Crippen LogP contribution is -3.06. The SMILES string of the molecule is C[NH+](C)CCN1C(=O)C(=O)/C(=C(/[O-])c2ccc(F)cc2)C1c1ccc([N+](=O)[O-])cc1. The molecule has 1 amide bonds. The van der Waals surface area contributed by atoms with Crippen molar-refractivity contribution < 1.29 is 28.9 Å². The van der Waals surface area contributed by atoms with Gasteiger partial charge in [0.2, 0.25) is 5.78 Å². The van der Waals surface area contributed by atoms with E-state index in [4.69, 9.17) is 0 Å². The third-order valence-electron chi connectivity index (χ3n) is 4.91. The fourth-order valence-corrected chi connectivity index (χ4v) is 3.33. The summed E-state index contributed by atoms with van der Waals surface area (Å²) in [6.45, 7) is 0.745. The lowest BCUT2D eigenvalue weighted by atomic mass is 9.95. The number of halogens is 1. The maximum atomic E-state index is 13.2. The van der Waals surface area contributed by atoms with Crippen LogP contribution in [0.2, 0.25) is 0 Å². The second-order valence-corrected chi connectivity index (χ2v) is 7.29. The van der Waals surface area contributed by atoms with Crippen LogP contribution in [0.15, 0.2) is 54.1 Å². The van der Waals surface area contributed by atoms with Crippen molar-refractivity contribution in [1.29, 1.82) is 0 Å². The molecule has 0 aliphatic carbocycles. The molecule has 8 nitrogen and oxygen atoms in total. The minimum Gasteiger partial charge on any atom is -0.872 e. The van der Waals surface area contributed by atoms with E-state index in [0.29, 0.717) is 12.1 Å². The molecule has 1 heterocycles. The Labute approximate surface area is 172 Å². The van der Waals surface area contributed by atoms with E-state index in [9.17, 15) is 29.2 Å². The molecule has 2 aromatic carbocycles. The maximum Gasteiger partial charge on any atom is 0.295 e. The van der Waals surface area contributed by atoms with Gasteiger partial charge in [-0.25, -0.2) is 4.39 Å². The van der Waals surface area contributed by atoms with Gasteiger partial charge in [0.15, 0.2) is 0 Å². The summed E-state index contributed by atoms with van der Waals surface area (Å²) in [5, 5.41) is 24.0. The van der Waals surface area contributed by atoms with E-state index < -0.39 is 34.2 Å². The van der Waals surface area contributed by atoms with E-state index in [1.54, 1.807) is 0 Å². The molecule has 1 aliphatic rings. The molecule has 9 heteroatoms. The van der Waals surface area contributed by atoms with Gasteiger partial charge < -0.3 is 14.9 Å². The van der Waals surface area contributed by atoms with Crippen LogP contribution in [0.5, 0.6) is 0 Å². The van der Waals surface area contributed by atoms with Crippen LogP contribution in [0.3, 0.4) is 0 Å². The molecule has 1 unspecified atom stereocenters. The first-order valence-corrected chi connectivity index (χ1v) is 9.26. The van der Waals surface area contributed by atoms with Gasteiger partial charge >= 0.3 is 0 Å². The second kappa shape index (κ2) is 8.42. The third-order valence-corrected chi connectivity index (χ3v) is 4.91. The van der Waals surface area contributed by atoms with E-state index in [2.05, 4.69) is 0 Å². The van der Waals surface area contributed by atoms with Crippen molar-refractivity contribution in [1.82, 2.24) is 4.90 Å². The van der Waals surface area contributed by atoms with Crippen molar-refractivity contribution >= 4 is 23.1 Å². The Morgan fingerprint density at radius 1 is 1.10 bits per heavy atom. The molecule has 0 saturated carbocycles. The Hall–Kier alpha value is -3.59. The summed E-state index contributed by atoms with van der Waals surface area (Å²) in [5.74, 6) is -2.92. The highest BCUT2D eigenvalue weighted by atomic mass is 19.1. The number of Topliss-reactive ketones (excluding diaryl/α,β-unsaturated/α-hetero) is 1. The lowest BCUT2D eigenvalue weighted by Gasteiger charge is -2.27. The summed E-state index contributed by atoms with van der Waals surface area (Å²) >= 11 is 0. The van der Waals surface area contributed by atoms with Crippen LogP contribution < -0.4 is 10.0 Å². The van der Waals surface area contributed by atoms with Crippen molar-refractivity contribution in [3.8, 4) is 0 Å². The van der Waals surface area contributed by atoms with Gasteiger partial charge in [-0.3, -0.25) is 19.7 Å². The Balaban J connectivity index is 2.13. The summed E-state index contributed by atoms with van der Waals surface area (Å²) in [4.78, 5) is 38.2. The highest BCUT2D eigenvalue weighted by Crippen LogP contribution is 2.38. The number of nitrogens with one attached hydrogen (secondary N) is 1. The fraction of sp³-hybridized carbons (Fsp3) is 0.238. The number of quaternary nitrogens is 1. The van der Waals surface area contributed by atoms with Gasteiger partial charge in [-0.1, -0.05) is 17.9 Å². The summed E-state index contributed by atoms with van der Waals surface area (Å²) in [6, 6.07) is 9.12. The first-order valence-electron chi connectivity index (χ1n) is 9.26. The van der Waals surface area contributed by atoms with Crippen LogP contribution in [0.1, 0.15) is 17.2 Å². The molecule has 0 bridgehead atoms. The zero-order valence-electron chi connectivity index (χ0n) is 16.4. The Morgan fingerprint density at radius 2 is 1.70 bits per heavy atom. The van der Waals surface area contributed by atoms with Crippen molar-refractivity contribution in [2.24, 2.45) is 0 Å². The van der Waals surface area contributed by atoms with Crippen molar-refractivity contribution in [3.63, 3.8) is 0 Å². The molecular formula is C21H20FN3O5. The topological polar surface area (TPSA) is 108 Å². The number of hydrogen-bond donors (Lipinski definition) is 1. The predicted molar refractivity (Wildman–Crippen MR) is 104 cm³/mol. The van der Waals surface area contributed by atoms with E-state index in [1.165, 1.54) is 41.3 Å². The average Bonchev–Trinajstić information content (AvgIpc) is 2.97. The summed E-state index contributed by atoms with van der Waals surface area (Å²) < 4.78 is 13.2. The van der Waals surface area contributed by atoms with E-state index in [1.807, 2.05) is 14.1 Å². The third kappa shape index (κ3) is 4.06. The number of likely N-dealkylation sites (tertiary alicyclic amines) is 1. The van der Waals surface area contributed by atoms with Gasteiger partial charge in [0.1, 0.15) is 5.82 Å². The fourth-order valence-electron chi connectivity index (χ4n) is 3.33. The highest BCUT2D eigenvalue weighted by Gasteiger charge is 2.44. The van der Waals surface area contributed by atoms with Crippen LogP contribution in [0.4, 0.5) is 10.1 Å². The number of likely N-dealkylation sites (N-methyl/N-ethyl adjacent to an activating group) is 1. The number of non-ortho nitro benzene ring substituents is 1. The van der Waals surface area contributed by atoms with E-state index >= 15 is 0 Å². The van der Waals surface area contributed by atoms with Gasteiger partial charge in [0.25, 0.3) is 11.6 Å². The molecule has 0 radical (unpaired) electrons. The maximum absolute atomic E-state index is 13.2. The van der Waals surface area contributed by atoms with Crippen LogP contribution in [0.25, 0.3) is 5.76 Å². The standard InChI is InChI=1S/C21H20FN3O5/c1-23(2)11-12-24-18(13-5-9-16(10-6-13)25(29)30)17(20(27)21(24)28)19(26)14-3-7-15(22)8-4-14/h3-10,18,26H,11-12H2,1-2H3/b19-17+. The van der Waals surface area contributed by atoms with Crippen LogP contribution in [0, 0.1) is 15.9 Å². The number of benzene rings is 2. The number of nitro benzene ring substituents is 1. The van der Waals surface area contributed by atoms with Crippen LogP contribution in [-0.2, 0) is 9.59 Å². The first-order chi connectivity index (χ1) is 14.2. The number of rotatable bonds is 6. The molecular weight excluding hydrogens is 393 g/mol. The normalized spacial score (nSPS) is 18.3. The molecule has 1 saturated heterocycles. The molecule has 30 heavy (non-hydrogen) atoms. The highest BCUT2D eigenvalue weighted by molar-refractivity contribution is 6.46. The monoisotopic (exact) mass is 413 g/mol. The predicted octanol–water partition coefficient (Wildman–Crippen LogP) is 0.102. The lowest BCUT2D eigenvalue weighted by molar-refractivity contribution is -0.857. The first kappa shape index (κ1) is 21.1. The quantitative estimate of drug-likeness (QED) is 0.238. The zero-order chi connectivity index (χ0) is 22.0. The molecule has 156 valence electrons. The van der Waals surface area contributed by atoms with Gasteiger partial charge in [-0.05, 0) is 35.4 Å². The molecule has 1 atom stereocenters. The number of nitro groups is 1. The molecule has 3 rings (SSSR count). The van der Waals surface area contributed by atoms with Crippen LogP contribution >= 0.6 is 0 Å².